The molecule has 10 heteroatoms. The number of fused-ring (bicyclic) bond motifs is 1. The van der Waals surface area contributed by atoms with Gasteiger partial charge in [0.2, 0.25) is 10.0 Å². The number of carbonyl (C=O) groups is 1. The van der Waals surface area contributed by atoms with Gasteiger partial charge >= 0.3 is 5.97 Å². The lowest BCUT2D eigenvalue weighted by atomic mass is 10.2. The van der Waals surface area contributed by atoms with Crippen LogP contribution in [0.25, 0.3) is 0 Å². The SMILES string of the molecule is O=C(OCc1cccc(S(=O)(=O)N2CCOCC2)c1)c1cc(Cl)c2c(c1)OCCCO2. The zero-order valence-corrected chi connectivity index (χ0v) is 18.3. The van der Waals surface area contributed by atoms with E-state index in [1.165, 1.54) is 28.6 Å². The Morgan fingerprint density at radius 2 is 1.84 bits per heavy atom. The molecule has 0 N–H and O–H groups in total. The minimum atomic E-state index is -3.63. The van der Waals surface area contributed by atoms with Crippen molar-refractivity contribution in [2.75, 3.05) is 39.5 Å². The molecular weight excluding hydrogens is 446 g/mol. The van der Waals surface area contributed by atoms with Gasteiger partial charge in [-0.3, -0.25) is 0 Å². The van der Waals surface area contributed by atoms with E-state index >= 15 is 0 Å². The van der Waals surface area contributed by atoms with Crippen LogP contribution in [0, 0.1) is 0 Å². The highest BCUT2D eigenvalue weighted by Gasteiger charge is 2.26. The third-order valence-electron chi connectivity index (χ3n) is 4.91. The second-order valence-electron chi connectivity index (χ2n) is 7.08. The Hall–Kier alpha value is -2.33. The van der Waals surface area contributed by atoms with Crippen molar-refractivity contribution >= 4 is 27.6 Å². The molecule has 0 bridgehead atoms. The van der Waals surface area contributed by atoms with Crippen LogP contribution in [0.5, 0.6) is 11.5 Å². The van der Waals surface area contributed by atoms with Crippen molar-refractivity contribution in [3.05, 3.63) is 52.5 Å². The second-order valence-corrected chi connectivity index (χ2v) is 9.42. The molecule has 4 rings (SSSR count). The summed E-state index contributed by atoms with van der Waals surface area (Å²) in [7, 11) is -3.63. The Labute approximate surface area is 185 Å². The number of halogens is 1. The Morgan fingerprint density at radius 3 is 2.65 bits per heavy atom. The van der Waals surface area contributed by atoms with Crippen molar-refractivity contribution in [1.29, 1.82) is 0 Å². The van der Waals surface area contributed by atoms with Crippen LogP contribution >= 0.6 is 11.6 Å². The van der Waals surface area contributed by atoms with Gasteiger partial charge in [-0.15, -0.1) is 0 Å². The highest BCUT2D eigenvalue weighted by molar-refractivity contribution is 7.89. The maximum atomic E-state index is 12.8. The second kappa shape index (κ2) is 9.44. The maximum absolute atomic E-state index is 12.8. The van der Waals surface area contributed by atoms with E-state index < -0.39 is 16.0 Å². The zero-order chi connectivity index (χ0) is 21.8. The van der Waals surface area contributed by atoms with Crippen LogP contribution < -0.4 is 9.47 Å². The molecule has 2 aromatic rings. The van der Waals surface area contributed by atoms with Crippen molar-refractivity contribution < 1.29 is 32.2 Å². The Morgan fingerprint density at radius 1 is 1.06 bits per heavy atom. The fourth-order valence-corrected chi connectivity index (χ4v) is 5.06. The Balaban J connectivity index is 1.46. The summed E-state index contributed by atoms with van der Waals surface area (Å²) < 4.78 is 48.8. The van der Waals surface area contributed by atoms with Crippen molar-refractivity contribution in [2.24, 2.45) is 0 Å². The highest BCUT2D eigenvalue weighted by Crippen LogP contribution is 2.38. The minimum absolute atomic E-state index is 0.0859. The van der Waals surface area contributed by atoms with Crippen LogP contribution in [0.4, 0.5) is 0 Å². The molecule has 166 valence electrons. The van der Waals surface area contributed by atoms with Crippen molar-refractivity contribution in [3.8, 4) is 11.5 Å². The molecule has 31 heavy (non-hydrogen) atoms. The molecule has 2 aliphatic heterocycles. The quantitative estimate of drug-likeness (QED) is 0.624. The average Bonchev–Trinajstić information content (AvgIpc) is 3.04. The van der Waals surface area contributed by atoms with E-state index in [4.69, 9.17) is 30.5 Å². The third kappa shape index (κ3) is 4.95. The first-order valence-corrected chi connectivity index (χ1v) is 11.7. The molecule has 8 nitrogen and oxygen atoms in total. The fourth-order valence-electron chi connectivity index (χ4n) is 3.31. The summed E-state index contributed by atoms with van der Waals surface area (Å²) in [6, 6.07) is 9.37. The average molecular weight is 468 g/mol. The minimum Gasteiger partial charge on any atom is -0.489 e. The van der Waals surface area contributed by atoms with Crippen molar-refractivity contribution in [2.45, 2.75) is 17.9 Å². The van der Waals surface area contributed by atoms with E-state index in [2.05, 4.69) is 0 Å². The van der Waals surface area contributed by atoms with Gasteiger partial charge in [0, 0.05) is 19.5 Å². The van der Waals surface area contributed by atoms with E-state index in [0.717, 1.165) is 0 Å². The van der Waals surface area contributed by atoms with Gasteiger partial charge in [-0.1, -0.05) is 23.7 Å². The summed E-state index contributed by atoms with van der Waals surface area (Å²) in [6.07, 6.45) is 0.717. The predicted octanol–water partition coefficient (Wildman–Crippen LogP) is 2.88. The highest BCUT2D eigenvalue weighted by atomic mass is 35.5. The number of hydrogen-bond acceptors (Lipinski definition) is 7. The zero-order valence-electron chi connectivity index (χ0n) is 16.7. The van der Waals surface area contributed by atoms with E-state index in [-0.39, 0.29) is 22.1 Å². The molecular formula is C21H22ClNO7S. The molecule has 2 aliphatic rings. The molecule has 0 atom stereocenters. The van der Waals surface area contributed by atoms with E-state index in [0.29, 0.717) is 63.0 Å². The summed E-state index contributed by atoms with van der Waals surface area (Å²) in [5.41, 5.74) is 0.787. The van der Waals surface area contributed by atoms with Crippen molar-refractivity contribution in [1.82, 2.24) is 4.31 Å². The van der Waals surface area contributed by atoms with Crippen LogP contribution in [-0.4, -0.2) is 58.2 Å². The van der Waals surface area contributed by atoms with Gasteiger partial charge in [0.05, 0.1) is 41.9 Å². The van der Waals surface area contributed by atoms with Gasteiger partial charge in [-0.25, -0.2) is 13.2 Å². The lowest BCUT2D eigenvalue weighted by molar-refractivity contribution is 0.0472. The number of hydrogen-bond donors (Lipinski definition) is 0. The van der Waals surface area contributed by atoms with Crippen LogP contribution in [0.1, 0.15) is 22.3 Å². The lowest BCUT2D eigenvalue weighted by Gasteiger charge is -2.26. The number of ether oxygens (including phenoxy) is 4. The normalized spacial score (nSPS) is 17.1. The topological polar surface area (TPSA) is 91.4 Å². The molecule has 0 saturated carbocycles. The molecule has 0 aliphatic carbocycles. The van der Waals surface area contributed by atoms with Gasteiger partial charge in [-0.05, 0) is 29.8 Å². The fraction of sp³-hybridized carbons (Fsp3) is 0.381. The van der Waals surface area contributed by atoms with Crippen LogP contribution in [-0.2, 0) is 26.1 Å². The molecule has 0 unspecified atom stereocenters. The van der Waals surface area contributed by atoms with Gasteiger partial charge in [0.25, 0.3) is 0 Å². The van der Waals surface area contributed by atoms with Gasteiger partial charge < -0.3 is 18.9 Å². The molecule has 0 radical (unpaired) electrons. The molecule has 2 heterocycles. The number of esters is 1. The largest absolute Gasteiger partial charge is 0.489 e. The smallest absolute Gasteiger partial charge is 0.338 e. The van der Waals surface area contributed by atoms with E-state index in [1.54, 1.807) is 12.1 Å². The van der Waals surface area contributed by atoms with Crippen LogP contribution in [0.2, 0.25) is 5.02 Å². The molecule has 0 amide bonds. The van der Waals surface area contributed by atoms with Gasteiger partial charge in [0.1, 0.15) is 6.61 Å². The molecule has 2 aromatic carbocycles. The summed E-state index contributed by atoms with van der Waals surface area (Å²) in [6.45, 7) is 2.23. The van der Waals surface area contributed by atoms with Crippen LogP contribution in [0.3, 0.4) is 0 Å². The lowest BCUT2D eigenvalue weighted by Crippen LogP contribution is -2.40. The Kier molecular flexibility index (Phi) is 6.66. The molecule has 0 aromatic heterocycles. The Bertz CT molecular complexity index is 1070. The first-order chi connectivity index (χ1) is 14.9. The monoisotopic (exact) mass is 467 g/mol. The van der Waals surface area contributed by atoms with E-state index in [1.807, 2.05) is 0 Å². The first kappa shape index (κ1) is 21.9. The number of sulfonamides is 1. The molecule has 1 saturated heterocycles. The standard InChI is InChI=1S/C21H22ClNO7S/c22-18-12-16(13-19-20(18)29-8-2-7-28-19)21(24)30-14-15-3-1-4-17(11-15)31(25,26)23-5-9-27-10-6-23/h1,3-4,11-13H,2,5-10,14H2. The summed E-state index contributed by atoms with van der Waals surface area (Å²) in [5.74, 6) is 0.214. The summed E-state index contributed by atoms with van der Waals surface area (Å²) in [5, 5.41) is 0.268. The number of nitrogens with zero attached hydrogens (tertiary/aromatic N) is 1. The summed E-state index contributed by atoms with van der Waals surface area (Å²) in [4.78, 5) is 12.7. The van der Waals surface area contributed by atoms with Gasteiger partial charge in [0.15, 0.2) is 11.5 Å². The number of morpholine rings is 1. The number of carbonyl (C=O) groups excluding carboxylic acids is 1. The van der Waals surface area contributed by atoms with Crippen LogP contribution in [0.15, 0.2) is 41.3 Å². The first-order valence-electron chi connectivity index (χ1n) is 9.88. The predicted molar refractivity (Wildman–Crippen MR) is 112 cm³/mol. The maximum Gasteiger partial charge on any atom is 0.338 e. The molecule has 1 fully saturated rings. The number of benzene rings is 2. The third-order valence-corrected chi connectivity index (χ3v) is 7.09. The summed E-state index contributed by atoms with van der Waals surface area (Å²) >= 11 is 6.23. The van der Waals surface area contributed by atoms with Gasteiger partial charge in [-0.2, -0.15) is 4.31 Å². The molecule has 0 spiro atoms. The van der Waals surface area contributed by atoms with E-state index in [9.17, 15) is 13.2 Å². The van der Waals surface area contributed by atoms with Crippen molar-refractivity contribution in [3.63, 3.8) is 0 Å². The number of rotatable bonds is 5.